The van der Waals surface area contributed by atoms with E-state index < -0.39 is 0 Å². The molecular formula is C22H26BrN3O3. The van der Waals surface area contributed by atoms with E-state index in [0.717, 1.165) is 40.7 Å². The molecule has 1 amide bonds. The Morgan fingerprint density at radius 3 is 2.55 bits per heavy atom. The van der Waals surface area contributed by atoms with Crippen LogP contribution in [0.3, 0.4) is 0 Å². The number of fused-ring (bicyclic) bond motifs is 1. The van der Waals surface area contributed by atoms with Gasteiger partial charge in [-0.3, -0.25) is 9.48 Å². The topological polar surface area (TPSA) is 64.4 Å². The van der Waals surface area contributed by atoms with E-state index in [9.17, 15) is 9.59 Å². The average Bonchev–Trinajstić information content (AvgIpc) is 3.04. The summed E-state index contributed by atoms with van der Waals surface area (Å²) in [6.45, 7) is 5.59. The van der Waals surface area contributed by atoms with Crippen LogP contribution in [0.4, 0.5) is 4.79 Å². The summed E-state index contributed by atoms with van der Waals surface area (Å²) in [6.07, 6.45) is 2.68. The number of aromatic nitrogens is 2. The third-order valence-corrected chi connectivity index (χ3v) is 6.72. The van der Waals surface area contributed by atoms with Crippen LogP contribution in [0, 0.1) is 5.41 Å². The Bertz CT molecular complexity index is 915. The number of ketones is 1. The van der Waals surface area contributed by atoms with Gasteiger partial charge in [0.2, 0.25) is 0 Å². The molecule has 29 heavy (non-hydrogen) atoms. The minimum atomic E-state index is -0.277. The molecule has 0 saturated carbocycles. The van der Waals surface area contributed by atoms with Crippen LogP contribution in [0.2, 0.25) is 0 Å². The van der Waals surface area contributed by atoms with Crippen molar-refractivity contribution < 1.29 is 14.3 Å². The zero-order valence-electron chi connectivity index (χ0n) is 16.9. The molecule has 0 N–H and O–H groups in total. The molecule has 0 unspecified atom stereocenters. The summed E-state index contributed by atoms with van der Waals surface area (Å²) in [5, 5.41) is 4.54. The van der Waals surface area contributed by atoms with Crippen molar-refractivity contribution in [3.05, 3.63) is 51.8 Å². The molecule has 1 aliphatic carbocycles. The molecule has 6 nitrogen and oxygen atoms in total. The van der Waals surface area contributed by atoms with E-state index in [-0.39, 0.29) is 29.9 Å². The maximum Gasteiger partial charge on any atom is 0.410 e. The maximum atomic E-state index is 13.0. The Labute approximate surface area is 179 Å². The van der Waals surface area contributed by atoms with E-state index in [1.807, 2.05) is 48.9 Å². The van der Waals surface area contributed by atoms with Gasteiger partial charge in [0.05, 0.1) is 0 Å². The number of rotatable bonds is 3. The highest BCUT2D eigenvalue weighted by Crippen LogP contribution is 2.45. The van der Waals surface area contributed by atoms with E-state index in [1.54, 1.807) is 4.90 Å². The number of nitrogens with zero attached hydrogens (tertiary/aromatic N) is 3. The Morgan fingerprint density at radius 1 is 1.21 bits per heavy atom. The van der Waals surface area contributed by atoms with Crippen LogP contribution in [-0.4, -0.2) is 39.6 Å². The molecule has 4 rings (SSSR count). The quantitative estimate of drug-likeness (QED) is 0.662. The second-order valence-corrected chi connectivity index (χ2v) is 9.21. The molecule has 154 valence electrons. The third-order valence-electron chi connectivity index (χ3n) is 6.09. The van der Waals surface area contributed by atoms with Gasteiger partial charge in [0.15, 0.2) is 5.78 Å². The largest absolute Gasteiger partial charge is 0.445 e. The van der Waals surface area contributed by atoms with Crippen molar-refractivity contribution >= 4 is 27.8 Å². The van der Waals surface area contributed by atoms with Crippen LogP contribution in [0.5, 0.6) is 0 Å². The molecular weight excluding hydrogens is 434 g/mol. The number of carbonyl (C=O) groups excluding carboxylic acids is 2. The van der Waals surface area contributed by atoms with Gasteiger partial charge in [-0.15, -0.1) is 0 Å². The molecule has 1 fully saturated rings. The normalized spacial score (nSPS) is 18.2. The standard InChI is InChI=1S/C22H26BrN3O3/c1-15(2)26-19-17(20(23)24-26)12-22(13-18(19)27)8-10-25(11-9-22)21(28)29-14-16-6-4-3-5-7-16/h3-7,15H,8-14H2,1-2H3. The molecule has 0 bridgehead atoms. The smallest absolute Gasteiger partial charge is 0.410 e. The van der Waals surface area contributed by atoms with Crippen LogP contribution >= 0.6 is 15.9 Å². The minimum absolute atomic E-state index is 0.0896. The van der Waals surface area contributed by atoms with Crippen LogP contribution < -0.4 is 0 Å². The molecule has 1 aromatic carbocycles. The van der Waals surface area contributed by atoms with Crippen molar-refractivity contribution in [2.75, 3.05) is 13.1 Å². The summed E-state index contributed by atoms with van der Waals surface area (Å²) in [6, 6.07) is 9.84. The Balaban J connectivity index is 1.40. The lowest BCUT2D eigenvalue weighted by molar-refractivity contribution is 0.0516. The van der Waals surface area contributed by atoms with Crippen LogP contribution in [0.15, 0.2) is 34.9 Å². The van der Waals surface area contributed by atoms with E-state index in [0.29, 0.717) is 19.5 Å². The number of benzene rings is 1. The van der Waals surface area contributed by atoms with Crippen LogP contribution in [-0.2, 0) is 17.8 Å². The fraction of sp³-hybridized carbons (Fsp3) is 0.500. The number of ether oxygens (including phenoxy) is 1. The number of likely N-dealkylation sites (tertiary alicyclic amines) is 1. The summed E-state index contributed by atoms with van der Waals surface area (Å²) in [5.41, 5.74) is 2.66. The van der Waals surface area contributed by atoms with E-state index in [2.05, 4.69) is 21.0 Å². The predicted octanol–water partition coefficient (Wildman–Crippen LogP) is 4.77. The predicted molar refractivity (Wildman–Crippen MR) is 113 cm³/mol. The minimum Gasteiger partial charge on any atom is -0.445 e. The Morgan fingerprint density at radius 2 is 1.90 bits per heavy atom. The molecule has 1 aromatic heterocycles. The molecule has 0 radical (unpaired) electrons. The first-order valence-corrected chi connectivity index (χ1v) is 10.9. The highest BCUT2D eigenvalue weighted by atomic mass is 79.9. The van der Waals surface area contributed by atoms with Gasteiger partial charge < -0.3 is 9.64 Å². The van der Waals surface area contributed by atoms with Crippen molar-refractivity contribution in [2.24, 2.45) is 5.41 Å². The highest BCUT2D eigenvalue weighted by Gasteiger charge is 2.44. The zero-order valence-corrected chi connectivity index (χ0v) is 18.4. The van der Waals surface area contributed by atoms with Gasteiger partial charge in [-0.1, -0.05) is 30.3 Å². The van der Waals surface area contributed by atoms with Crippen LogP contribution in [0.1, 0.15) is 60.8 Å². The lowest BCUT2D eigenvalue weighted by atomic mass is 9.67. The summed E-state index contributed by atoms with van der Waals surface area (Å²) in [4.78, 5) is 27.2. The monoisotopic (exact) mass is 459 g/mol. The highest BCUT2D eigenvalue weighted by molar-refractivity contribution is 9.10. The molecule has 2 heterocycles. The molecule has 1 spiro atoms. The third kappa shape index (κ3) is 3.97. The summed E-state index contributed by atoms with van der Waals surface area (Å²) in [5.74, 6) is 0.165. The molecule has 1 aliphatic heterocycles. The molecule has 7 heteroatoms. The van der Waals surface area contributed by atoms with Gasteiger partial charge >= 0.3 is 6.09 Å². The van der Waals surface area contributed by atoms with E-state index >= 15 is 0 Å². The number of Topliss-reactive ketones (excluding diaryl/α,β-unsaturated/α-hetero) is 1. The number of piperidine rings is 1. The van der Waals surface area contributed by atoms with Gasteiger partial charge in [-0.05, 0) is 60.0 Å². The molecule has 0 atom stereocenters. The van der Waals surface area contributed by atoms with Crippen molar-refractivity contribution in [1.29, 1.82) is 0 Å². The molecule has 2 aromatic rings. The zero-order chi connectivity index (χ0) is 20.6. The van der Waals surface area contributed by atoms with E-state index in [4.69, 9.17) is 4.74 Å². The number of carbonyl (C=O) groups is 2. The van der Waals surface area contributed by atoms with Crippen LogP contribution in [0.25, 0.3) is 0 Å². The first-order chi connectivity index (χ1) is 13.9. The SMILES string of the molecule is CC(C)n1nc(Br)c2c1C(=O)CC1(CCN(C(=O)OCc3ccccc3)CC1)C2. The number of hydrogen-bond acceptors (Lipinski definition) is 4. The van der Waals surface area contributed by atoms with E-state index in [1.165, 1.54) is 0 Å². The Kier molecular flexibility index (Phi) is 5.51. The number of amides is 1. The van der Waals surface area contributed by atoms with Crippen molar-refractivity contribution in [1.82, 2.24) is 14.7 Å². The number of hydrogen-bond donors (Lipinski definition) is 0. The van der Waals surface area contributed by atoms with Gasteiger partial charge in [0.25, 0.3) is 0 Å². The molecule has 1 saturated heterocycles. The summed E-state index contributed by atoms with van der Waals surface area (Å²) in [7, 11) is 0. The lowest BCUT2D eigenvalue weighted by Gasteiger charge is -2.43. The van der Waals surface area contributed by atoms with Gasteiger partial charge in [0.1, 0.15) is 16.9 Å². The van der Waals surface area contributed by atoms with Gasteiger partial charge in [-0.2, -0.15) is 5.10 Å². The first kappa shape index (κ1) is 20.1. The molecule has 2 aliphatic rings. The summed E-state index contributed by atoms with van der Waals surface area (Å²) < 4.78 is 8.08. The van der Waals surface area contributed by atoms with Crippen molar-refractivity contribution in [2.45, 2.75) is 52.2 Å². The van der Waals surface area contributed by atoms with Crippen molar-refractivity contribution in [3.8, 4) is 0 Å². The average molecular weight is 460 g/mol. The van der Waals surface area contributed by atoms with Gasteiger partial charge in [-0.25, -0.2) is 4.79 Å². The Hall–Kier alpha value is -2.15. The van der Waals surface area contributed by atoms with Gasteiger partial charge in [0, 0.05) is 31.1 Å². The summed E-state index contributed by atoms with van der Waals surface area (Å²) >= 11 is 3.56. The fourth-order valence-electron chi connectivity index (χ4n) is 4.46. The first-order valence-electron chi connectivity index (χ1n) is 10.1. The lowest BCUT2D eigenvalue weighted by Crippen LogP contribution is -2.46. The number of halogens is 1. The second-order valence-electron chi connectivity index (χ2n) is 8.46. The fourth-order valence-corrected chi connectivity index (χ4v) is 4.96. The maximum absolute atomic E-state index is 13.0. The van der Waals surface area contributed by atoms with Crippen molar-refractivity contribution in [3.63, 3.8) is 0 Å². The second kappa shape index (κ2) is 7.94.